The number of rotatable bonds is 6. The molecule has 1 atom stereocenters. The topological polar surface area (TPSA) is 85.9 Å². The maximum absolute atomic E-state index is 12.2. The molecule has 1 heterocycles. The molecule has 1 aromatic heterocycles. The Balaban J connectivity index is 2.22. The van der Waals surface area contributed by atoms with Crippen molar-refractivity contribution in [3.8, 4) is 0 Å². The molecule has 0 aliphatic rings. The molecule has 1 aromatic carbocycles. The summed E-state index contributed by atoms with van der Waals surface area (Å²) in [6.45, 7) is 1.85. The minimum atomic E-state index is -0.872. The monoisotopic (exact) mass is 292 g/mol. The van der Waals surface area contributed by atoms with Crippen LogP contribution in [0.5, 0.6) is 0 Å². The third-order valence-corrected chi connectivity index (χ3v) is 3.96. The van der Waals surface area contributed by atoms with Crippen molar-refractivity contribution in [2.45, 2.75) is 19.8 Å². The number of ketones is 1. The number of carbonyl (C=O) groups excluding carboxylic acids is 2. The predicted molar refractivity (Wildman–Crippen MR) is 78.7 cm³/mol. The molecule has 0 radical (unpaired) electrons. The van der Waals surface area contributed by atoms with E-state index in [1.165, 1.54) is 0 Å². The Morgan fingerprint density at radius 2 is 2.25 bits per heavy atom. The summed E-state index contributed by atoms with van der Waals surface area (Å²) in [5, 5.41) is 0. The van der Waals surface area contributed by atoms with E-state index in [0.717, 1.165) is 11.1 Å². The lowest BCUT2D eigenvalue weighted by atomic mass is 10.0. The van der Waals surface area contributed by atoms with Crippen LogP contribution < -0.4 is 0 Å². The van der Waals surface area contributed by atoms with Crippen LogP contribution in [0, 0.1) is 6.92 Å². The Bertz CT molecular complexity index is 649. The van der Waals surface area contributed by atoms with Gasteiger partial charge in [0.1, 0.15) is 5.75 Å². The summed E-state index contributed by atoms with van der Waals surface area (Å²) in [7, 11) is 0. The van der Waals surface area contributed by atoms with Gasteiger partial charge in [-0.3, -0.25) is 9.59 Å². The number of Topliss-reactive ketones (excluding diaryl/α,β-unsaturated/α-hetero) is 1. The van der Waals surface area contributed by atoms with Gasteiger partial charge in [-0.25, -0.2) is 4.98 Å². The largest absolute Gasteiger partial charge is 0.617 e. The standard InChI is InChI=1S/C14H16N2O3S/c1-9-6-11-12(16-14(8-17)15-11)7-10(9)13(18)4-3-5-20(2)19/h6-8H,3-5H2,1-2H3,(H,15,16). The van der Waals surface area contributed by atoms with E-state index in [9.17, 15) is 14.1 Å². The van der Waals surface area contributed by atoms with E-state index in [0.29, 0.717) is 36.0 Å². The third-order valence-electron chi connectivity index (χ3n) is 3.09. The van der Waals surface area contributed by atoms with Gasteiger partial charge < -0.3 is 9.54 Å². The van der Waals surface area contributed by atoms with Crippen molar-refractivity contribution in [3.63, 3.8) is 0 Å². The van der Waals surface area contributed by atoms with Gasteiger partial charge in [-0.2, -0.15) is 0 Å². The summed E-state index contributed by atoms with van der Waals surface area (Å²) in [6, 6.07) is 3.53. The van der Waals surface area contributed by atoms with Gasteiger partial charge >= 0.3 is 0 Å². The molecule has 1 unspecified atom stereocenters. The van der Waals surface area contributed by atoms with Gasteiger partial charge in [0.2, 0.25) is 0 Å². The van der Waals surface area contributed by atoms with Crippen LogP contribution in [0.2, 0.25) is 0 Å². The Kier molecular flexibility index (Phi) is 4.57. The third kappa shape index (κ3) is 3.26. The average molecular weight is 292 g/mol. The zero-order valence-corrected chi connectivity index (χ0v) is 12.3. The molecule has 0 saturated heterocycles. The number of hydrogen-bond donors (Lipinski definition) is 1. The molecule has 1 N–H and O–H groups in total. The van der Waals surface area contributed by atoms with Crippen molar-refractivity contribution >= 4 is 34.3 Å². The summed E-state index contributed by atoms with van der Waals surface area (Å²) in [6.07, 6.45) is 3.26. The first kappa shape index (κ1) is 14.7. The molecule has 20 heavy (non-hydrogen) atoms. The number of hydrogen-bond acceptors (Lipinski definition) is 4. The maximum atomic E-state index is 12.2. The molecule has 0 fully saturated rings. The molecular weight excluding hydrogens is 276 g/mol. The zero-order chi connectivity index (χ0) is 14.7. The Morgan fingerprint density at radius 3 is 2.90 bits per heavy atom. The van der Waals surface area contributed by atoms with Crippen LogP contribution in [-0.4, -0.2) is 38.6 Å². The van der Waals surface area contributed by atoms with Crippen LogP contribution in [0.25, 0.3) is 11.0 Å². The lowest BCUT2D eigenvalue weighted by molar-refractivity contribution is 0.0981. The Labute approximate surface area is 120 Å². The van der Waals surface area contributed by atoms with E-state index in [1.807, 2.05) is 13.0 Å². The van der Waals surface area contributed by atoms with Crippen LogP contribution in [-0.2, 0) is 11.2 Å². The second kappa shape index (κ2) is 6.19. The van der Waals surface area contributed by atoms with Crippen LogP contribution >= 0.6 is 0 Å². The van der Waals surface area contributed by atoms with E-state index in [1.54, 1.807) is 12.3 Å². The molecular formula is C14H16N2O3S. The van der Waals surface area contributed by atoms with Crippen molar-refractivity contribution in [3.05, 3.63) is 29.1 Å². The van der Waals surface area contributed by atoms with Crippen molar-refractivity contribution in [2.75, 3.05) is 12.0 Å². The van der Waals surface area contributed by atoms with Crippen molar-refractivity contribution in [1.29, 1.82) is 0 Å². The predicted octanol–water partition coefficient (Wildman–Crippen LogP) is 2.03. The number of nitrogens with zero attached hydrogens (tertiary/aromatic N) is 1. The number of nitrogens with one attached hydrogen (secondary N) is 1. The van der Waals surface area contributed by atoms with Gasteiger partial charge in [0.15, 0.2) is 17.9 Å². The summed E-state index contributed by atoms with van der Waals surface area (Å²) < 4.78 is 11.0. The summed E-state index contributed by atoms with van der Waals surface area (Å²) in [5.74, 6) is 0.806. The normalized spacial score (nSPS) is 12.6. The first-order chi connectivity index (χ1) is 9.51. The summed E-state index contributed by atoms with van der Waals surface area (Å²) >= 11 is -0.872. The Morgan fingerprint density at radius 1 is 1.50 bits per heavy atom. The number of imidazole rings is 1. The smallest absolute Gasteiger partial charge is 0.185 e. The van der Waals surface area contributed by atoms with Crippen molar-refractivity contribution < 1.29 is 14.1 Å². The van der Waals surface area contributed by atoms with Gasteiger partial charge in [-0.05, 0) is 31.0 Å². The Hall–Kier alpha value is -1.66. The number of aromatic amines is 1. The fraction of sp³-hybridized carbons (Fsp3) is 0.357. The van der Waals surface area contributed by atoms with E-state index in [4.69, 9.17) is 0 Å². The quantitative estimate of drug-likeness (QED) is 0.501. The molecule has 2 rings (SSSR count). The number of aldehydes is 1. The average Bonchev–Trinajstić information content (AvgIpc) is 2.79. The van der Waals surface area contributed by atoms with Gasteiger partial charge in [0.05, 0.1) is 17.3 Å². The second-order valence-corrected chi connectivity index (χ2v) is 6.28. The highest BCUT2D eigenvalue weighted by Gasteiger charge is 2.13. The maximum Gasteiger partial charge on any atom is 0.185 e. The van der Waals surface area contributed by atoms with Crippen molar-refractivity contribution in [1.82, 2.24) is 9.97 Å². The van der Waals surface area contributed by atoms with Gasteiger partial charge in [-0.15, -0.1) is 0 Å². The van der Waals surface area contributed by atoms with E-state index >= 15 is 0 Å². The van der Waals surface area contributed by atoms with E-state index < -0.39 is 11.2 Å². The number of H-pyrrole nitrogens is 1. The molecule has 5 nitrogen and oxygen atoms in total. The minimum absolute atomic E-state index is 0.0190. The van der Waals surface area contributed by atoms with Gasteiger partial charge in [0, 0.05) is 12.0 Å². The van der Waals surface area contributed by atoms with Crippen LogP contribution in [0.15, 0.2) is 12.1 Å². The molecule has 0 bridgehead atoms. The van der Waals surface area contributed by atoms with Crippen LogP contribution in [0.1, 0.15) is 39.4 Å². The number of benzene rings is 1. The number of aryl methyl sites for hydroxylation is 1. The number of carbonyl (C=O) groups is 2. The highest BCUT2D eigenvalue weighted by molar-refractivity contribution is 7.90. The molecule has 106 valence electrons. The van der Waals surface area contributed by atoms with Crippen molar-refractivity contribution in [2.24, 2.45) is 0 Å². The zero-order valence-electron chi connectivity index (χ0n) is 11.4. The van der Waals surface area contributed by atoms with E-state index in [2.05, 4.69) is 9.97 Å². The number of fused-ring (bicyclic) bond motifs is 1. The van der Waals surface area contributed by atoms with Crippen LogP contribution in [0.4, 0.5) is 0 Å². The molecule has 0 saturated carbocycles. The van der Waals surface area contributed by atoms with Gasteiger partial charge in [-0.1, -0.05) is 11.2 Å². The van der Waals surface area contributed by atoms with Crippen LogP contribution in [0.3, 0.4) is 0 Å². The van der Waals surface area contributed by atoms with E-state index in [-0.39, 0.29) is 11.6 Å². The molecule has 0 aliphatic heterocycles. The highest BCUT2D eigenvalue weighted by atomic mass is 32.2. The molecule has 2 aromatic rings. The lowest BCUT2D eigenvalue weighted by Gasteiger charge is -2.06. The first-order valence-electron chi connectivity index (χ1n) is 6.30. The molecule has 0 amide bonds. The summed E-state index contributed by atoms with van der Waals surface area (Å²) in [5.41, 5.74) is 2.82. The number of aromatic nitrogens is 2. The molecule has 0 aliphatic carbocycles. The fourth-order valence-electron chi connectivity index (χ4n) is 2.11. The lowest BCUT2D eigenvalue weighted by Crippen LogP contribution is -2.07. The first-order valence-corrected chi connectivity index (χ1v) is 8.02. The highest BCUT2D eigenvalue weighted by Crippen LogP contribution is 2.19. The molecule has 0 spiro atoms. The SMILES string of the molecule is Cc1cc2[nH]c(C=O)nc2cc1C(=O)CCC[S+](C)[O-]. The second-order valence-electron chi connectivity index (χ2n) is 4.73. The minimum Gasteiger partial charge on any atom is -0.617 e. The van der Waals surface area contributed by atoms with Gasteiger partial charge in [0.25, 0.3) is 0 Å². The summed E-state index contributed by atoms with van der Waals surface area (Å²) in [4.78, 5) is 29.8. The fourth-order valence-corrected chi connectivity index (χ4v) is 2.66. The molecule has 6 heteroatoms.